The molecular formula is C28H37Cl2N3O5S. The highest BCUT2D eigenvalue weighted by molar-refractivity contribution is 7.92. The lowest BCUT2D eigenvalue weighted by Crippen LogP contribution is -2.51. The zero-order chi connectivity index (χ0) is 28.6. The second-order valence-electron chi connectivity index (χ2n) is 9.75. The molecule has 1 aliphatic carbocycles. The number of nitrogens with zero attached hydrogens (tertiary/aromatic N) is 2. The number of halogens is 2. The van der Waals surface area contributed by atoms with Crippen LogP contribution in [0.4, 0.5) is 5.69 Å². The zero-order valence-electron chi connectivity index (χ0n) is 22.7. The molecule has 2 aromatic rings. The van der Waals surface area contributed by atoms with Gasteiger partial charge in [0.1, 0.15) is 11.8 Å². The van der Waals surface area contributed by atoms with E-state index in [1.807, 2.05) is 6.92 Å². The number of para-hydroxylation sites is 2. The SMILES string of the molecule is CC[C@H](C(=O)NC1CCCC1)N(Cc1c(Cl)cccc1Cl)C(=O)CCCN(c1ccccc1OC)S(C)(=O)=O. The van der Waals surface area contributed by atoms with Crippen LogP contribution in [0.2, 0.25) is 10.0 Å². The second kappa shape index (κ2) is 14.2. The summed E-state index contributed by atoms with van der Waals surface area (Å²) in [5, 5.41) is 3.92. The summed E-state index contributed by atoms with van der Waals surface area (Å²) in [6.07, 6.45) is 5.78. The maximum atomic E-state index is 13.7. The van der Waals surface area contributed by atoms with E-state index in [1.165, 1.54) is 16.3 Å². The lowest BCUT2D eigenvalue weighted by Gasteiger charge is -2.32. The average Bonchev–Trinajstić information content (AvgIpc) is 3.40. The molecule has 2 aromatic carbocycles. The Labute approximate surface area is 241 Å². The van der Waals surface area contributed by atoms with Gasteiger partial charge in [0.05, 0.1) is 19.1 Å². The van der Waals surface area contributed by atoms with Crippen molar-refractivity contribution >= 4 is 50.7 Å². The van der Waals surface area contributed by atoms with Crippen LogP contribution in [0.15, 0.2) is 42.5 Å². The van der Waals surface area contributed by atoms with Gasteiger partial charge in [-0.2, -0.15) is 0 Å². The number of carbonyl (C=O) groups excluding carboxylic acids is 2. The van der Waals surface area contributed by atoms with Gasteiger partial charge in [-0.1, -0.05) is 61.2 Å². The van der Waals surface area contributed by atoms with Crippen molar-refractivity contribution in [3.63, 3.8) is 0 Å². The summed E-state index contributed by atoms with van der Waals surface area (Å²) in [7, 11) is -2.17. The highest BCUT2D eigenvalue weighted by Gasteiger charge is 2.31. The van der Waals surface area contributed by atoms with Crippen molar-refractivity contribution in [1.82, 2.24) is 10.2 Å². The zero-order valence-corrected chi connectivity index (χ0v) is 25.0. The third kappa shape index (κ3) is 8.25. The summed E-state index contributed by atoms with van der Waals surface area (Å²) < 4.78 is 31.8. The summed E-state index contributed by atoms with van der Waals surface area (Å²) in [6, 6.07) is 11.3. The maximum Gasteiger partial charge on any atom is 0.243 e. The van der Waals surface area contributed by atoms with Gasteiger partial charge in [-0.15, -0.1) is 0 Å². The fourth-order valence-corrected chi connectivity index (χ4v) is 6.44. The van der Waals surface area contributed by atoms with Crippen LogP contribution >= 0.6 is 23.2 Å². The van der Waals surface area contributed by atoms with E-state index in [-0.39, 0.29) is 43.8 Å². The van der Waals surface area contributed by atoms with Crippen LogP contribution in [-0.2, 0) is 26.2 Å². The summed E-state index contributed by atoms with van der Waals surface area (Å²) in [6.45, 7) is 1.99. The van der Waals surface area contributed by atoms with Crippen molar-refractivity contribution in [3.05, 3.63) is 58.1 Å². The van der Waals surface area contributed by atoms with Crippen LogP contribution in [0, 0.1) is 0 Å². The van der Waals surface area contributed by atoms with Gasteiger partial charge in [0.25, 0.3) is 0 Å². The molecule has 1 fully saturated rings. The van der Waals surface area contributed by atoms with Crippen molar-refractivity contribution in [2.75, 3.05) is 24.2 Å². The predicted molar refractivity (Wildman–Crippen MR) is 156 cm³/mol. The van der Waals surface area contributed by atoms with Gasteiger partial charge in [0.15, 0.2) is 0 Å². The van der Waals surface area contributed by atoms with E-state index in [0.29, 0.717) is 33.5 Å². The standard InChI is InChI=1S/C28H37Cl2N3O5S/c1-4-24(28(35)31-20-11-5-6-12-20)32(19-21-22(29)13-9-14-23(21)30)27(34)17-10-18-33(39(3,36)37)25-15-7-8-16-26(25)38-2/h7-9,13-16,20,24H,4-6,10-12,17-19H2,1-3H3,(H,31,35)/t24-/m1/s1. The first-order chi connectivity index (χ1) is 18.6. The topological polar surface area (TPSA) is 96.0 Å². The Morgan fingerprint density at radius 3 is 2.31 bits per heavy atom. The number of ether oxygens (including phenoxy) is 1. The lowest BCUT2D eigenvalue weighted by molar-refractivity contribution is -0.141. The predicted octanol–water partition coefficient (Wildman–Crippen LogP) is 5.41. The minimum Gasteiger partial charge on any atom is -0.495 e. The minimum atomic E-state index is -3.65. The fourth-order valence-electron chi connectivity index (χ4n) is 4.96. The number of rotatable bonds is 13. The van der Waals surface area contributed by atoms with Crippen LogP contribution in [0.25, 0.3) is 0 Å². The maximum absolute atomic E-state index is 13.7. The van der Waals surface area contributed by atoms with E-state index in [0.717, 1.165) is 31.9 Å². The van der Waals surface area contributed by atoms with Crippen LogP contribution in [0.5, 0.6) is 5.75 Å². The number of hydrogen-bond donors (Lipinski definition) is 1. The molecule has 0 unspecified atom stereocenters. The van der Waals surface area contributed by atoms with Crippen molar-refractivity contribution < 1.29 is 22.7 Å². The molecule has 1 saturated carbocycles. The largest absolute Gasteiger partial charge is 0.495 e. The molecule has 39 heavy (non-hydrogen) atoms. The molecule has 214 valence electrons. The Hall–Kier alpha value is -2.49. The molecule has 1 N–H and O–H groups in total. The first-order valence-corrected chi connectivity index (χ1v) is 15.8. The minimum absolute atomic E-state index is 0.0243. The van der Waals surface area contributed by atoms with Crippen molar-refractivity contribution in [3.8, 4) is 5.75 Å². The van der Waals surface area contributed by atoms with Gasteiger partial charge < -0.3 is 15.0 Å². The molecule has 0 bridgehead atoms. The van der Waals surface area contributed by atoms with E-state index in [9.17, 15) is 18.0 Å². The van der Waals surface area contributed by atoms with E-state index in [2.05, 4.69) is 5.32 Å². The van der Waals surface area contributed by atoms with E-state index >= 15 is 0 Å². The highest BCUT2D eigenvalue weighted by Crippen LogP contribution is 2.31. The van der Waals surface area contributed by atoms with Gasteiger partial charge in [0.2, 0.25) is 21.8 Å². The summed E-state index contributed by atoms with van der Waals surface area (Å²) in [5.74, 6) is -0.0699. The number of methoxy groups -OCH3 is 1. The molecule has 0 aromatic heterocycles. The van der Waals surface area contributed by atoms with Crippen LogP contribution in [-0.4, -0.2) is 57.1 Å². The lowest BCUT2D eigenvalue weighted by atomic mass is 10.1. The van der Waals surface area contributed by atoms with E-state index in [4.69, 9.17) is 27.9 Å². The molecule has 2 amide bonds. The van der Waals surface area contributed by atoms with E-state index in [1.54, 1.807) is 42.5 Å². The van der Waals surface area contributed by atoms with Crippen molar-refractivity contribution in [1.29, 1.82) is 0 Å². The molecular weight excluding hydrogens is 561 g/mol. The van der Waals surface area contributed by atoms with Gasteiger partial charge in [0, 0.05) is 41.2 Å². The Kier molecular flexibility index (Phi) is 11.3. The third-order valence-electron chi connectivity index (χ3n) is 6.98. The van der Waals surface area contributed by atoms with Gasteiger partial charge in [-0.3, -0.25) is 13.9 Å². The molecule has 1 aliphatic rings. The van der Waals surface area contributed by atoms with Crippen molar-refractivity contribution in [2.24, 2.45) is 0 Å². The molecule has 0 radical (unpaired) electrons. The fraction of sp³-hybridized carbons (Fsp3) is 0.500. The molecule has 3 rings (SSSR count). The summed E-state index contributed by atoms with van der Waals surface area (Å²) >= 11 is 12.9. The molecule has 0 aliphatic heterocycles. The second-order valence-corrected chi connectivity index (χ2v) is 12.5. The third-order valence-corrected chi connectivity index (χ3v) is 8.87. The number of sulfonamides is 1. The van der Waals surface area contributed by atoms with Gasteiger partial charge >= 0.3 is 0 Å². The smallest absolute Gasteiger partial charge is 0.243 e. The monoisotopic (exact) mass is 597 g/mol. The van der Waals surface area contributed by atoms with Gasteiger partial charge in [-0.25, -0.2) is 8.42 Å². The number of anilines is 1. The number of benzene rings is 2. The first-order valence-electron chi connectivity index (χ1n) is 13.2. The normalized spacial score (nSPS) is 14.6. The molecule has 0 spiro atoms. The van der Waals surface area contributed by atoms with Crippen molar-refractivity contribution in [2.45, 2.75) is 70.5 Å². The van der Waals surface area contributed by atoms with Crippen LogP contribution < -0.4 is 14.4 Å². The van der Waals surface area contributed by atoms with Gasteiger partial charge in [-0.05, 0) is 49.9 Å². The Balaban J connectivity index is 1.82. The van der Waals surface area contributed by atoms with Crippen LogP contribution in [0.3, 0.4) is 0 Å². The highest BCUT2D eigenvalue weighted by atomic mass is 35.5. The number of carbonyl (C=O) groups is 2. The summed E-state index contributed by atoms with van der Waals surface area (Å²) in [5.41, 5.74) is 0.963. The Bertz CT molecular complexity index is 1230. The van der Waals surface area contributed by atoms with E-state index < -0.39 is 16.1 Å². The molecule has 1 atom stereocenters. The number of hydrogen-bond acceptors (Lipinski definition) is 5. The Morgan fingerprint density at radius 2 is 1.72 bits per heavy atom. The molecule has 8 nitrogen and oxygen atoms in total. The molecule has 0 saturated heterocycles. The first kappa shape index (κ1) is 31.0. The Morgan fingerprint density at radius 1 is 1.08 bits per heavy atom. The number of amides is 2. The summed E-state index contributed by atoms with van der Waals surface area (Å²) in [4.78, 5) is 28.5. The number of nitrogens with one attached hydrogen (secondary N) is 1. The van der Waals surface area contributed by atoms with Crippen LogP contribution in [0.1, 0.15) is 57.4 Å². The molecule has 11 heteroatoms. The molecule has 0 heterocycles. The average molecular weight is 599 g/mol. The quantitative estimate of drug-likeness (QED) is 0.333.